The van der Waals surface area contributed by atoms with Crippen LogP contribution >= 0.6 is 23.3 Å². The molecule has 0 radical (unpaired) electrons. The average Bonchev–Trinajstić information content (AvgIpc) is 3.33. The first kappa shape index (κ1) is 20.7. The first-order valence-electron chi connectivity index (χ1n) is 9.52. The van der Waals surface area contributed by atoms with Crippen molar-refractivity contribution in [2.24, 2.45) is 0 Å². The van der Waals surface area contributed by atoms with Crippen molar-refractivity contribution in [1.82, 2.24) is 4.72 Å². The lowest BCUT2D eigenvalue weighted by Crippen LogP contribution is -2.18. The Bertz CT molecular complexity index is 1160. The summed E-state index contributed by atoms with van der Waals surface area (Å²) < 4.78 is 3.81. The summed E-state index contributed by atoms with van der Waals surface area (Å²) in [6.45, 7) is 0. The second kappa shape index (κ2) is 9.97. The maximum Gasteiger partial charge on any atom is 0.261 e. The summed E-state index contributed by atoms with van der Waals surface area (Å²) in [6.07, 6.45) is 0. The van der Waals surface area contributed by atoms with Gasteiger partial charge in [-0.05, 0) is 65.9 Å². The molecule has 0 atom stereocenters. The van der Waals surface area contributed by atoms with Crippen molar-refractivity contribution in [3.8, 4) is 0 Å². The zero-order chi connectivity index (χ0) is 21.5. The van der Waals surface area contributed by atoms with E-state index in [4.69, 9.17) is 0 Å². The highest BCUT2D eigenvalue weighted by Crippen LogP contribution is 2.25. The number of thiophene rings is 1. The summed E-state index contributed by atoms with van der Waals surface area (Å²) >= 11 is 2.80. The molecule has 0 unspecified atom stereocenters. The molecule has 2 amide bonds. The molecule has 5 nitrogen and oxygen atoms in total. The SMILES string of the molecule is O=C(NSc1cccs1)c1ccc(Nc2ccccc2)c(C(=O)Nc2ccccc2)c1. The zero-order valence-electron chi connectivity index (χ0n) is 16.4. The van der Waals surface area contributed by atoms with Gasteiger partial charge in [-0.1, -0.05) is 42.5 Å². The van der Waals surface area contributed by atoms with Crippen LogP contribution in [0.25, 0.3) is 0 Å². The Morgan fingerprint density at radius 1 is 0.742 bits per heavy atom. The Hall–Kier alpha value is -3.55. The van der Waals surface area contributed by atoms with Gasteiger partial charge in [-0.25, -0.2) is 0 Å². The Kier molecular flexibility index (Phi) is 6.66. The standard InChI is InChI=1S/C24H19N3O2S2/c28-23(27-31-22-12-7-15-30-22)17-13-14-21(25-18-8-3-1-4-9-18)20(16-17)24(29)26-19-10-5-2-6-11-19/h1-16,25H,(H,26,29)(H,27,28). The van der Waals surface area contributed by atoms with E-state index in [0.29, 0.717) is 22.5 Å². The normalized spacial score (nSPS) is 10.3. The van der Waals surface area contributed by atoms with Crippen molar-refractivity contribution < 1.29 is 9.59 Å². The number of rotatable bonds is 7. The van der Waals surface area contributed by atoms with Crippen molar-refractivity contribution in [1.29, 1.82) is 0 Å². The summed E-state index contributed by atoms with van der Waals surface area (Å²) in [4.78, 5) is 25.7. The van der Waals surface area contributed by atoms with Gasteiger partial charge in [0.25, 0.3) is 11.8 Å². The van der Waals surface area contributed by atoms with Gasteiger partial charge in [-0.2, -0.15) is 0 Å². The van der Waals surface area contributed by atoms with Crippen LogP contribution in [0.5, 0.6) is 0 Å². The van der Waals surface area contributed by atoms with Gasteiger partial charge in [0, 0.05) is 16.9 Å². The fraction of sp³-hybridized carbons (Fsp3) is 0. The summed E-state index contributed by atoms with van der Waals surface area (Å²) in [6, 6.07) is 27.7. The Morgan fingerprint density at radius 2 is 1.45 bits per heavy atom. The van der Waals surface area contributed by atoms with Gasteiger partial charge in [0.05, 0.1) is 15.5 Å². The highest BCUT2D eigenvalue weighted by atomic mass is 32.2. The number of hydrogen-bond donors (Lipinski definition) is 3. The fourth-order valence-corrected chi connectivity index (χ4v) is 4.25. The third-order valence-corrected chi connectivity index (χ3v) is 6.18. The summed E-state index contributed by atoms with van der Waals surface area (Å²) in [5, 5.41) is 8.10. The minimum absolute atomic E-state index is 0.265. The van der Waals surface area contributed by atoms with Gasteiger partial charge in [-0.15, -0.1) is 11.3 Å². The average molecular weight is 446 g/mol. The molecule has 4 aromatic rings. The maximum absolute atomic E-state index is 13.1. The lowest BCUT2D eigenvalue weighted by atomic mass is 10.1. The molecule has 0 spiro atoms. The molecule has 1 aromatic heterocycles. The van der Waals surface area contributed by atoms with Crippen LogP contribution in [0, 0.1) is 0 Å². The van der Waals surface area contributed by atoms with E-state index < -0.39 is 0 Å². The highest BCUT2D eigenvalue weighted by molar-refractivity contribution is 7.99. The summed E-state index contributed by atoms with van der Waals surface area (Å²) in [7, 11) is 0. The zero-order valence-corrected chi connectivity index (χ0v) is 18.0. The topological polar surface area (TPSA) is 70.2 Å². The molecule has 154 valence electrons. The van der Waals surface area contributed by atoms with E-state index in [0.717, 1.165) is 9.90 Å². The van der Waals surface area contributed by atoms with Crippen LogP contribution in [0.1, 0.15) is 20.7 Å². The molecule has 0 aliphatic carbocycles. The molecule has 4 rings (SSSR count). The highest BCUT2D eigenvalue weighted by Gasteiger charge is 2.16. The van der Waals surface area contributed by atoms with Gasteiger partial charge in [0.2, 0.25) is 0 Å². The first-order valence-corrected chi connectivity index (χ1v) is 11.2. The van der Waals surface area contributed by atoms with Crippen LogP contribution in [-0.4, -0.2) is 11.8 Å². The molecule has 0 bridgehead atoms. The third-order valence-electron chi connectivity index (χ3n) is 4.35. The number of amides is 2. The van der Waals surface area contributed by atoms with Crippen LogP contribution in [0.4, 0.5) is 17.1 Å². The van der Waals surface area contributed by atoms with Crippen LogP contribution in [0.15, 0.2) is 101 Å². The Balaban J connectivity index is 1.59. The van der Waals surface area contributed by atoms with Crippen molar-refractivity contribution in [3.05, 3.63) is 108 Å². The van der Waals surface area contributed by atoms with Gasteiger partial charge in [0.1, 0.15) is 0 Å². The fourth-order valence-electron chi connectivity index (χ4n) is 2.86. The molecular weight excluding hydrogens is 426 g/mol. The van der Waals surface area contributed by atoms with E-state index in [9.17, 15) is 9.59 Å². The minimum atomic E-state index is -0.301. The van der Waals surface area contributed by atoms with E-state index in [1.807, 2.05) is 78.2 Å². The number of para-hydroxylation sites is 2. The van der Waals surface area contributed by atoms with E-state index >= 15 is 0 Å². The number of hydrogen-bond acceptors (Lipinski definition) is 5. The number of carbonyl (C=O) groups excluding carboxylic acids is 2. The molecule has 0 fully saturated rings. The monoisotopic (exact) mass is 445 g/mol. The van der Waals surface area contributed by atoms with Crippen LogP contribution in [-0.2, 0) is 0 Å². The number of benzene rings is 3. The Labute approximate surface area is 188 Å². The van der Waals surface area contributed by atoms with E-state index in [-0.39, 0.29) is 11.8 Å². The van der Waals surface area contributed by atoms with Gasteiger partial charge in [0.15, 0.2) is 0 Å². The third kappa shape index (κ3) is 5.53. The van der Waals surface area contributed by atoms with Crippen LogP contribution in [0.2, 0.25) is 0 Å². The molecule has 7 heteroatoms. The van der Waals surface area contributed by atoms with Crippen molar-refractivity contribution in [3.63, 3.8) is 0 Å². The molecule has 0 saturated heterocycles. The van der Waals surface area contributed by atoms with Gasteiger partial charge >= 0.3 is 0 Å². The number of nitrogens with one attached hydrogen (secondary N) is 3. The Morgan fingerprint density at radius 3 is 2.13 bits per heavy atom. The maximum atomic E-state index is 13.1. The summed E-state index contributed by atoms with van der Waals surface area (Å²) in [5.74, 6) is -0.566. The number of carbonyl (C=O) groups is 2. The molecule has 0 aliphatic heterocycles. The molecule has 3 N–H and O–H groups in total. The van der Waals surface area contributed by atoms with E-state index in [1.165, 1.54) is 11.9 Å². The molecular formula is C24H19N3O2S2. The predicted octanol–water partition coefficient (Wildman–Crippen LogP) is 6.18. The van der Waals surface area contributed by atoms with E-state index in [1.54, 1.807) is 29.5 Å². The predicted molar refractivity (Wildman–Crippen MR) is 128 cm³/mol. The molecule has 0 aliphatic rings. The second-order valence-corrected chi connectivity index (χ2v) is 8.59. The van der Waals surface area contributed by atoms with Gasteiger partial charge in [-0.3, -0.25) is 14.3 Å². The smallest absolute Gasteiger partial charge is 0.261 e. The van der Waals surface area contributed by atoms with Crippen molar-refractivity contribution in [2.45, 2.75) is 4.21 Å². The quantitative estimate of drug-likeness (QED) is 0.297. The molecule has 0 saturated carbocycles. The van der Waals surface area contributed by atoms with Crippen molar-refractivity contribution in [2.75, 3.05) is 10.6 Å². The largest absolute Gasteiger partial charge is 0.355 e. The second-order valence-electron chi connectivity index (χ2n) is 6.54. The van der Waals surface area contributed by atoms with Crippen molar-refractivity contribution >= 4 is 52.2 Å². The molecule has 1 heterocycles. The lowest BCUT2D eigenvalue weighted by molar-refractivity contribution is 0.0984. The van der Waals surface area contributed by atoms with E-state index in [2.05, 4.69) is 15.4 Å². The molecule has 3 aromatic carbocycles. The van der Waals surface area contributed by atoms with Gasteiger partial charge < -0.3 is 10.6 Å². The van der Waals surface area contributed by atoms with Crippen LogP contribution < -0.4 is 15.4 Å². The van der Waals surface area contributed by atoms with Crippen LogP contribution in [0.3, 0.4) is 0 Å². The summed E-state index contributed by atoms with van der Waals surface area (Å²) in [5.41, 5.74) is 2.92. The lowest BCUT2D eigenvalue weighted by Gasteiger charge is -2.14. The number of anilines is 3. The minimum Gasteiger partial charge on any atom is -0.355 e. The first-order chi connectivity index (χ1) is 15.2. The molecule has 31 heavy (non-hydrogen) atoms.